The second-order valence-electron chi connectivity index (χ2n) is 6.58. The van der Waals surface area contributed by atoms with E-state index in [1.807, 2.05) is 20.8 Å². The van der Waals surface area contributed by atoms with E-state index >= 15 is 0 Å². The van der Waals surface area contributed by atoms with E-state index < -0.39 is 17.8 Å². The molecule has 2 rings (SSSR count). The number of ether oxygens (including phenoxy) is 1. The number of halogens is 1. The average molecular weight is 344 g/mol. The van der Waals surface area contributed by atoms with E-state index in [-0.39, 0.29) is 17.7 Å². The standard InChI is InChI=1S/C19H21FN2O3/c1-19(2,3)22-18(24)25-12-13-8-10-14(11-9-13)21-17(23)15-6-4-5-7-16(15)20/h4-11H,12H2,1-3H3,(H,21,23)(H,22,24). The highest BCUT2D eigenvalue weighted by Crippen LogP contribution is 2.14. The highest BCUT2D eigenvalue weighted by atomic mass is 19.1. The van der Waals surface area contributed by atoms with Crippen LogP contribution in [0.4, 0.5) is 14.9 Å². The lowest BCUT2D eigenvalue weighted by Gasteiger charge is -2.19. The van der Waals surface area contributed by atoms with Gasteiger partial charge in [-0.15, -0.1) is 0 Å². The van der Waals surface area contributed by atoms with Gasteiger partial charge in [0.2, 0.25) is 0 Å². The van der Waals surface area contributed by atoms with Crippen LogP contribution in [0.5, 0.6) is 0 Å². The van der Waals surface area contributed by atoms with Crippen LogP contribution in [0, 0.1) is 5.82 Å². The molecule has 0 atom stereocenters. The van der Waals surface area contributed by atoms with E-state index in [1.54, 1.807) is 30.3 Å². The van der Waals surface area contributed by atoms with E-state index in [9.17, 15) is 14.0 Å². The van der Waals surface area contributed by atoms with Crippen molar-refractivity contribution in [2.75, 3.05) is 5.32 Å². The van der Waals surface area contributed by atoms with Gasteiger partial charge in [0.15, 0.2) is 0 Å². The normalized spacial score (nSPS) is 10.9. The highest BCUT2D eigenvalue weighted by molar-refractivity contribution is 6.04. The van der Waals surface area contributed by atoms with E-state index in [2.05, 4.69) is 10.6 Å². The second-order valence-corrected chi connectivity index (χ2v) is 6.58. The Morgan fingerprint density at radius 1 is 1.04 bits per heavy atom. The Morgan fingerprint density at radius 3 is 2.28 bits per heavy atom. The minimum Gasteiger partial charge on any atom is -0.445 e. The van der Waals surface area contributed by atoms with Gasteiger partial charge in [-0.1, -0.05) is 24.3 Å². The van der Waals surface area contributed by atoms with Gasteiger partial charge < -0.3 is 15.4 Å². The Kier molecular flexibility index (Phi) is 5.75. The van der Waals surface area contributed by atoms with Crippen LogP contribution < -0.4 is 10.6 Å². The van der Waals surface area contributed by atoms with Gasteiger partial charge >= 0.3 is 6.09 Å². The van der Waals surface area contributed by atoms with E-state index in [4.69, 9.17) is 4.74 Å². The summed E-state index contributed by atoms with van der Waals surface area (Å²) in [5.41, 5.74) is 0.913. The highest BCUT2D eigenvalue weighted by Gasteiger charge is 2.14. The maximum absolute atomic E-state index is 13.6. The molecule has 2 N–H and O–H groups in total. The van der Waals surface area contributed by atoms with Gasteiger partial charge in [0.05, 0.1) is 5.56 Å². The van der Waals surface area contributed by atoms with Crippen molar-refractivity contribution >= 4 is 17.7 Å². The van der Waals surface area contributed by atoms with Crippen molar-refractivity contribution in [1.82, 2.24) is 5.32 Å². The molecule has 0 unspecified atom stereocenters. The molecule has 0 aliphatic rings. The monoisotopic (exact) mass is 344 g/mol. The summed E-state index contributed by atoms with van der Waals surface area (Å²) in [5.74, 6) is -1.10. The molecule has 0 heterocycles. The summed E-state index contributed by atoms with van der Waals surface area (Å²) in [4.78, 5) is 23.6. The summed E-state index contributed by atoms with van der Waals surface area (Å²) in [6.45, 7) is 5.70. The predicted octanol–water partition coefficient (Wildman–Crippen LogP) is 4.10. The third-order valence-electron chi connectivity index (χ3n) is 3.18. The van der Waals surface area contributed by atoms with Crippen LogP contribution in [0.1, 0.15) is 36.7 Å². The van der Waals surface area contributed by atoms with Crippen LogP contribution in [0.15, 0.2) is 48.5 Å². The van der Waals surface area contributed by atoms with E-state index in [0.29, 0.717) is 5.69 Å². The zero-order valence-electron chi connectivity index (χ0n) is 14.4. The summed E-state index contributed by atoms with van der Waals surface area (Å²) in [6, 6.07) is 12.6. The number of anilines is 1. The molecule has 0 fully saturated rings. The minimum absolute atomic E-state index is 0.0197. The number of benzene rings is 2. The summed E-state index contributed by atoms with van der Waals surface area (Å²) in [6.07, 6.45) is -0.496. The summed E-state index contributed by atoms with van der Waals surface area (Å²) in [7, 11) is 0. The molecular weight excluding hydrogens is 323 g/mol. The zero-order valence-corrected chi connectivity index (χ0v) is 14.4. The van der Waals surface area contributed by atoms with Crippen LogP contribution in [0.3, 0.4) is 0 Å². The molecular formula is C19H21FN2O3. The third-order valence-corrected chi connectivity index (χ3v) is 3.18. The maximum Gasteiger partial charge on any atom is 0.407 e. The van der Waals surface area contributed by atoms with Crippen molar-refractivity contribution in [3.8, 4) is 0 Å². The van der Waals surface area contributed by atoms with Gasteiger partial charge in [-0.25, -0.2) is 9.18 Å². The van der Waals surface area contributed by atoms with Gasteiger partial charge in [-0.05, 0) is 50.6 Å². The fourth-order valence-electron chi connectivity index (χ4n) is 2.02. The molecule has 0 bridgehead atoms. The summed E-state index contributed by atoms with van der Waals surface area (Å²) in [5, 5.41) is 5.32. The molecule has 0 saturated carbocycles. The van der Waals surface area contributed by atoms with Gasteiger partial charge in [-0.2, -0.15) is 0 Å². The molecule has 0 radical (unpaired) electrons. The summed E-state index contributed by atoms with van der Waals surface area (Å²) >= 11 is 0. The molecule has 0 aromatic heterocycles. The lowest BCUT2D eigenvalue weighted by molar-refractivity contribution is 0.102. The Balaban J connectivity index is 1.91. The van der Waals surface area contributed by atoms with Gasteiger partial charge in [0.25, 0.3) is 5.91 Å². The zero-order chi connectivity index (χ0) is 18.4. The molecule has 132 valence electrons. The fourth-order valence-corrected chi connectivity index (χ4v) is 2.02. The lowest BCUT2D eigenvalue weighted by atomic mass is 10.1. The number of alkyl carbamates (subject to hydrolysis) is 1. The number of carbonyl (C=O) groups is 2. The first-order valence-electron chi connectivity index (χ1n) is 7.84. The first kappa shape index (κ1) is 18.4. The Hall–Kier alpha value is -2.89. The molecule has 0 saturated heterocycles. The SMILES string of the molecule is CC(C)(C)NC(=O)OCc1ccc(NC(=O)c2ccccc2F)cc1. The first-order valence-corrected chi connectivity index (χ1v) is 7.84. The second kappa shape index (κ2) is 7.79. The van der Waals surface area contributed by atoms with Crippen molar-refractivity contribution in [3.05, 3.63) is 65.5 Å². The number of carbonyl (C=O) groups excluding carboxylic acids is 2. The lowest BCUT2D eigenvalue weighted by Crippen LogP contribution is -2.40. The molecule has 0 aliphatic heterocycles. The van der Waals surface area contributed by atoms with Crippen LogP contribution in [-0.4, -0.2) is 17.5 Å². The number of rotatable bonds is 4. The topological polar surface area (TPSA) is 67.4 Å². The molecule has 2 aromatic carbocycles. The van der Waals surface area contributed by atoms with Gasteiger partial charge in [-0.3, -0.25) is 4.79 Å². The van der Waals surface area contributed by atoms with Crippen molar-refractivity contribution in [1.29, 1.82) is 0 Å². The third kappa shape index (κ3) is 5.91. The molecule has 2 amide bonds. The molecule has 2 aromatic rings. The molecule has 5 nitrogen and oxygen atoms in total. The van der Waals surface area contributed by atoms with E-state index in [0.717, 1.165) is 5.56 Å². The van der Waals surface area contributed by atoms with Crippen LogP contribution in [0.2, 0.25) is 0 Å². The molecule has 0 spiro atoms. The van der Waals surface area contributed by atoms with Crippen molar-refractivity contribution in [3.63, 3.8) is 0 Å². The van der Waals surface area contributed by atoms with Crippen molar-refractivity contribution < 1.29 is 18.7 Å². The van der Waals surface area contributed by atoms with Gasteiger partial charge in [0.1, 0.15) is 12.4 Å². The van der Waals surface area contributed by atoms with Crippen LogP contribution >= 0.6 is 0 Å². The smallest absolute Gasteiger partial charge is 0.407 e. The Labute approximate surface area is 146 Å². The quantitative estimate of drug-likeness (QED) is 0.877. The Morgan fingerprint density at radius 2 is 1.68 bits per heavy atom. The Bertz CT molecular complexity index is 752. The molecule has 0 aliphatic carbocycles. The predicted molar refractivity (Wildman–Crippen MR) is 93.9 cm³/mol. The van der Waals surface area contributed by atoms with Crippen LogP contribution in [0.25, 0.3) is 0 Å². The van der Waals surface area contributed by atoms with E-state index in [1.165, 1.54) is 18.2 Å². The number of nitrogens with one attached hydrogen (secondary N) is 2. The van der Waals surface area contributed by atoms with Gasteiger partial charge in [0, 0.05) is 11.2 Å². The molecule has 6 heteroatoms. The van der Waals surface area contributed by atoms with Crippen LogP contribution in [-0.2, 0) is 11.3 Å². The molecule has 25 heavy (non-hydrogen) atoms. The first-order chi connectivity index (χ1) is 11.7. The van der Waals surface area contributed by atoms with Crippen molar-refractivity contribution in [2.24, 2.45) is 0 Å². The average Bonchev–Trinajstić information content (AvgIpc) is 2.53. The number of hydrogen-bond donors (Lipinski definition) is 2. The summed E-state index contributed by atoms with van der Waals surface area (Å²) < 4.78 is 18.7. The minimum atomic E-state index is -0.574. The fraction of sp³-hybridized carbons (Fsp3) is 0.263. The maximum atomic E-state index is 13.6. The largest absolute Gasteiger partial charge is 0.445 e. The number of hydrogen-bond acceptors (Lipinski definition) is 3. The van der Waals surface area contributed by atoms with Crippen molar-refractivity contribution in [2.45, 2.75) is 32.9 Å². The number of amides is 2.